The molecule has 5 N–H and O–H groups in total. The van der Waals surface area contributed by atoms with Gasteiger partial charge in [-0.2, -0.15) is 0 Å². The number of amides is 1. The molecule has 0 saturated carbocycles. The van der Waals surface area contributed by atoms with Gasteiger partial charge in [-0.05, 0) is 64.2 Å². The maximum atomic E-state index is 13.7. The summed E-state index contributed by atoms with van der Waals surface area (Å²) >= 11 is 0. The van der Waals surface area contributed by atoms with Crippen LogP contribution in [-0.4, -0.2) is 69.6 Å². The van der Waals surface area contributed by atoms with Crippen molar-refractivity contribution in [1.82, 2.24) is 5.32 Å². The van der Waals surface area contributed by atoms with Crippen molar-refractivity contribution < 1.29 is 53.7 Å². The molecule has 0 bridgehead atoms. The molecule has 57 heavy (non-hydrogen) atoms. The highest BCUT2D eigenvalue weighted by molar-refractivity contribution is 5.92. The minimum atomic E-state index is -1.13. The summed E-state index contributed by atoms with van der Waals surface area (Å²) in [5, 5.41) is 42.2. The Bertz CT molecular complexity index is 2130. The number of rotatable bonds is 16. The summed E-state index contributed by atoms with van der Waals surface area (Å²) in [7, 11) is 0. The number of ether oxygens (including phenoxy) is 5. The number of phenolic OH excluding ortho intramolecular Hbond substituents is 4. The van der Waals surface area contributed by atoms with Crippen LogP contribution in [0.15, 0.2) is 140 Å². The summed E-state index contributed by atoms with van der Waals surface area (Å²) in [6.45, 7) is 0.0853. The van der Waals surface area contributed by atoms with Crippen LogP contribution in [0.2, 0.25) is 0 Å². The third-order valence-corrected chi connectivity index (χ3v) is 9.01. The largest absolute Gasteiger partial charge is 0.504 e. The van der Waals surface area contributed by atoms with Crippen LogP contribution in [0.4, 0.5) is 0 Å². The molecule has 6 rings (SSSR count). The number of phenols is 4. The molecule has 1 amide bonds. The molecular weight excluding hydrogens is 730 g/mol. The third-order valence-electron chi connectivity index (χ3n) is 9.01. The van der Waals surface area contributed by atoms with Gasteiger partial charge in [0.2, 0.25) is 5.91 Å². The molecular formula is C45H43NO11. The summed E-state index contributed by atoms with van der Waals surface area (Å²) in [6, 6.07) is 35.7. The first kappa shape index (κ1) is 40.2. The number of hydrogen-bond acceptors (Lipinski definition) is 11. The van der Waals surface area contributed by atoms with Gasteiger partial charge in [0.1, 0.15) is 31.0 Å². The van der Waals surface area contributed by atoms with Gasteiger partial charge in [-0.25, -0.2) is 4.79 Å². The number of esters is 1. The quantitative estimate of drug-likeness (QED) is 0.0428. The van der Waals surface area contributed by atoms with Gasteiger partial charge in [0.25, 0.3) is 0 Å². The van der Waals surface area contributed by atoms with E-state index in [1.807, 2.05) is 91.0 Å². The first-order chi connectivity index (χ1) is 27.7. The van der Waals surface area contributed by atoms with Crippen molar-refractivity contribution in [2.45, 2.75) is 50.5 Å². The van der Waals surface area contributed by atoms with Gasteiger partial charge in [0.05, 0.1) is 19.8 Å². The SMILES string of the molecule is O=C(/C=C/c1ccc(O)c(O)c1)N[C@H]1C(OCc2ccccc2)O[C@H](COC(=O)/C=C/c2ccc(O)c(O)c2)[C@@H](OCc2ccccc2)[C@@H]1OCc1ccccc1. The summed E-state index contributed by atoms with van der Waals surface area (Å²) in [4.78, 5) is 26.7. The predicted molar refractivity (Wildman–Crippen MR) is 210 cm³/mol. The van der Waals surface area contributed by atoms with Crippen molar-refractivity contribution in [3.8, 4) is 23.0 Å². The van der Waals surface area contributed by atoms with Crippen LogP contribution in [0, 0.1) is 0 Å². The number of benzene rings is 5. The predicted octanol–water partition coefficient (Wildman–Crippen LogP) is 6.38. The van der Waals surface area contributed by atoms with Gasteiger partial charge in [0, 0.05) is 12.2 Å². The number of carbonyl (C=O) groups is 2. The number of nitrogens with one attached hydrogen (secondary N) is 1. The fourth-order valence-corrected chi connectivity index (χ4v) is 6.07. The highest BCUT2D eigenvalue weighted by Gasteiger charge is 2.49. The molecule has 0 aromatic heterocycles. The van der Waals surface area contributed by atoms with Gasteiger partial charge in [0.15, 0.2) is 29.3 Å². The Morgan fingerprint density at radius 3 is 1.56 bits per heavy atom. The molecule has 5 aromatic carbocycles. The van der Waals surface area contributed by atoms with E-state index in [1.165, 1.54) is 54.6 Å². The molecule has 1 aliphatic rings. The van der Waals surface area contributed by atoms with Gasteiger partial charge < -0.3 is 49.4 Å². The van der Waals surface area contributed by atoms with E-state index < -0.39 is 42.5 Å². The number of hydrogen-bond donors (Lipinski definition) is 5. The highest BCUT2D eigenvalue weighted by atomic mass is 16.7. The van der Waals surface area contributed by atoms with Gasteiger partial charge in [-0.15, -0.1) is 0 Å². The molecule has 0 spiro atoms. The fourth-order valence-electron chi connectivity index (χ4n) is 6.07. The standard InChI is InChI=1S/C45H43NO11/c47-35-20-16-30(24-37(35)49)18-22-40(51)46-42-44(55-27-33-12-6-2-7-13-33)43(54-26-32-10-4-1-5-11-32)39(57-45(42)56-28-34-14-8-3-9-15-34)29-53-41(52)23-19-31-17-21-36(48)38(50)25-31/h1-25,39,42-45,47-50H,26-29H2,(H,46,51)/b22-18+,23-19+/t39-,42-,43-,44-,45?/m1/s1. The van der Waals surface area contributed by atoms with Crippen LogP contribution in [0.25, 0.3) is 12.2 Å². The molecule has 1 fully saturated rings. The normalized spacial score (nSPS) is 19.4. The van der Waals surface area contributed by atoms with Crippen molar-refractivity contribution in [2.24, 2.45) is 0 Å². The molecule has 294 valence electrons. The lowest BCUT2D eigenvalue weighted by molar-refractivity contribution is -0.291. The van der Waals surface area contributed by atoms with E-state index in [-0.39, 0.29) is 49.4 Å². The second kappa shape index (κ2) is 19.9. The van der Waals surface area contributed by atoms with E-state index in [9.17, 15) is 30.0 Å². The van der Waals surface area contributed by atoms with Crippen LogP contribution < -0.4 is 5.32 Å². The summed E-state index contributed by atoms with van der Waals surface area (Å²) < 4.78 is 31.8. The average Bonchev–Trinajstić information content (AvgIpc) is 3.23. The van der Waals surface area contributed by atoms with E-state index in [1.54, 1.807) is 6.07 Å². The van der Waals surface area contributed by atoms with Crippen molar-refractivity contribution in [3.05, 3.63) is 167 Å². The molecule has 12 heteroatoms. The van der Waals surface area contributed by atoms with Crippen LogP contribution in [0.3, 0.4) is 0 Å². The molecule has 12 nitrogen and oxygen atoms in total. The van der Waals surface area contributed by atoms with Crippen LogP contribution >= 0.6 is 0 Å². The Morgan fingerprint density at radius 1 is 0.579 bits per heavy atom. The maximum absolute atomic E-state index is 13.7. The van der Waals surface area contributed by atoms with E-state index in [0.29, 0.717) is 11.1 Å². The molecule has 5 atom stereocenters. The van der Waals surface area contributed by atoms with Crippen LogP contribution in [0.5, 0.6) is 23.0 Å². The van der Waals surface area contributed by atoms with E-state index in [2.05, 4.69) is 5.32 Å². The summed E-state index contributed by atoms with van der Waals surface area (Å²) in [6.07, 6.45) is 1.47. The van der Waals surface area contributed by atoms with Gasteiger partial charge in [-0.1, -0.05) is 103 Å². The second-order valence-corrected chi connectivity index (χ2v) is 13.2. The Hall–Kier alpha value is -6.44. The van der Waals surface area contributed by atoms with Crippen molar-refractivity contribution in [2.75, 3.05) is 6.61 Å². The topological polar surface area (TPSA) is 173 Å². The Labute approximate surface area is 329 Å². The van der Waals surface area contributed by atoms with E-state index >= 15 is 0 Å². The van der Waals surface area contributed by atoms with Crippen LogP contribution in [-0.2, 0) is 53.1 Å². The van der Waals surface area contributed by atoms with Gasteiger partial charge >= 0.3 is 5.97 Å². The zero-order valence-electron chi connectivity index (χ0n) is 30.8. The Kier molecular flexibility index (Phi) is 14.1. The molecule has 1 aliphatic heterocycles. The smallest absolute Gasteiger partial charge is 0.330 e. The van der Waals surface area contributed by atoms with Crippen molar-refractivity contribution in [1.29, 1.82) is 0 Å². The first-order valence-electron chi connectivity index (χ1n) is 18.2. The molecule has 1 saturated heterocycles. The zero-order valence-corrected chi connectivity index (χ0v) is 30.8. The third kappa shape index (κ3) is 11.8. The van der Waals surface area contributed by atoms with Crippen molar-refractivity contribution >= 4 is 24.0 Å². The molecule has 0 aliphatic carbocycles. The lowest BCUT2D eigenvalue weighted by Gasteiger charge is -2.46. The summed E-state index contributed by atoms with van der Waals surface area (Å²) in [5.74, 6) is -2.49. The minimum absolute atomic E-state index is 0.107. The first-order valence-corrected chi connectivity index (χ1v) is 18.2. The second-order valence-electron chi connectivity index (χ2n) is 13.2. The fraction of sp³-hybridized carbons (Fsp3) is 0.200. The number of aromatic hydroxyl groups is 4. The van der Waals surface area contributed by atoms with Crippen LogP contribution in [0.1, 0.15) is 27.8 Å². The highest BCUT2D eigenvalue weighted by Crippen LogP contribution is 2.31. The molecule has 0 radical (unpaired) electrons. The molecule has 5 aromatic rings. The number of carbonyl (C=O) groups excluding carboxylic acids is 2. The van der Waals surface area contributed by atoms with E-state index in [0.717, 1.165) is 16.7 Å². The average molecular weight is 774 g/mol. The lowest BCUT2D eigenvalue weighted by Crippen LogP contribution is -2.66. The van der Waals surface area contributed by atoms with Crippen molar-refractivity contribution in [3.63, 3.8) is 0 Å². The lowest BCUT2D eigenvalue weighted by atomic mass is 9.95. The summed E-state index contributed by atoms with van der Waals surface area (Å²) in [5.41, 5.74) is 3.49. The molecule has 1 heterocycles. The van der Waals surface area contributed by atoms with Gasteiger partial charge in [-0.3, -0.25) is 4.79 Å². The Morgan fingerprint density at radius 2 is 1.05 bits per heavy atom. The minimum Gasteiger partial charge on any atom is -0.504 e. The zero-order chi connectivity index (χ0) is 40.0. The molecule has 1 unspecified atom stereocenters. The Balaban J connectivity index is 1.31. The monoisotopic (exact) mass is 773 g/mol. The van der Waals surface area contributed by atoms with E-state index in [4.69, 9.17) is 23.7 Å². The maximum Gasteiger partial charge on any atom is 0.330 e.